The SMILES string of the molecule is CCCS(=O)(=O)CCNCCN1CCSCC1. The summed E-state index contributed by atoms with van der Waals surface area (Å²) in [7, 11) is -2.82. The van der Waals surface area contributed by atoms with Crippen LogP contribution in [0.3, 0.4) is 0 Å². The molecule has 0 aromatic rings. The van der Waals surface area contributed by atoms with E-state index in [1.165, 1.54) is 24.6 Å². The molecule has 0 aliphatic carbocycles. The van der Waals surface area contributed by atoms with Crippen LogP contribution in [0, 0.1) is 0 Å². The minimum atomic E-state index is -2.82. The second kappa shape index (κ2) is 8.34. The topological polar surface area (TPSA) is 49.4 Å². The van der Waals surface area contributed by atoms with Crippen LogP contribution in [-0.4, -0.2) is 69.1 Å². The molecule has 102 valence electrons. The van der Waals surface area contributed by atoms with Gasteiger partial charge in [0.25, 0.3) is 0 Å². The van der Waals surface area contributed by atoms with Gasteiger partial charge in [-0.1, -0.05) is 6.92 Å². The van der Waals surface area contributed by atoms with Crippen LogP contribution in [-0.2, 0) is 9.84 Å². The third-order valence-electron chi connectivity index (χ3n) is 2.81. The van der Waals surface area contributed by atoms with Gasteiger partial charge >= 0.3 is 0 Å². The molecule has 4 nitrogen and oxygen atoms in total. The second-order valence-electron chi connectivity index (χ2n) is 4.36. The molecule has 1 aliphatic rings. The van der Waals surface area contributed by atoms with Gasteiger partial charge in [-0.15, -0.1) is 0 Å². The van der Waals surface area contributed by atoms with Crippen LogP contribution in [0.25, 0.3) is 0 Å². The van der Waals surface area contributed by atoms with E-state index in [0.717, 1.165) is 13.1 Å². The average Bonchev–Trinajstić information content (AvgIpc) is 2.30. The summed E-state index contributed by atoms with van der Waals surface area (Å²) in [5.74, 6) is 3.05. The molecule has 0 amide bonds. The highest BCUT2D eigenvalue weighted by atomic mass is 32.2. The molecular formula is C11H24N2O2S2. The number of nitrogens with zero attached hydrogens (tertiary/aromatic N) is 1. The predicted molar refractivity (Wildman–Crippen MR) is 75.6 cm³/mol. The van der Waals surface area contributed by atoms with E-state index < -0.39 is 9.84 Å². The van der Waals surface area contributed by atoms with E-state index in [-0.39, 0.29) is 5.75 Å². The highest BCUT2D eigenvalue weighted by molar-refractivity contribution is 7.99. The Morgan fingerprint density at radius 1 is 1.18 bits per heavy atom. The summed E-state index contributed by atoms with van der Waals surface area (Å²) >= 11 is 2.01. The summed E-state index contributed by atoms with van der Waals surface area (Å²) in [6, 6.07) is 0. The molecule has 0 atom stereocenters. The number of thioether (sulfide) groups is 1. The van der Waals surface area contributed by atoms with Gasteiger partial charge in [-0.3, -0.25) is 0 Å². The molecule has 0 saturated carbocycles. The normalized spacial score (nSPS) is 18.4. The first-order valence-corrected chi connectivity index (χ1v) is 9.33. The molecule has 6 heteroatoms. The average molecular weight is 280 g/mol. The van der Waals surface area contributed by atoms with Crippen molar-refractivity contribution in [3.8, 4) is 0 Å². The Bertz CT molecular complexity index is 288. The van der Waals surface area contributed by atoms with E-state index in [0.29, 0.717) is 18.7 Å². The van der Waals surface area contributed by atoms with Crippen molar-refractivity contribution in [2.24, 2.45) is 0 Å². The fourth-order valence-electron chi connectivity index (χ4n) is 1.83. The van der Waals surface area contributed by atoms with Crippen LogP contribution in [0.4, 0.5) is 0 Å². The Labute approximate surface area is 109 Å². The molecule has 0 bridgehead atoms. The first-order chi connectivity index (χ1) is 8.14. The highest BCUT2D eigenvalue weighted by Gasteiger charge is 2.10. The van der Waals surface area contributed by atoms with Crippen molar-refractivity contribution in [1.82, 2.24) is 10.2 Å². The largest absolute Gasteiger partial charge is 0.314 e. The lowest BCUT2D eigenvalue weighted by Gasteiger charge is -2.26. The Morgan fingerprint density at radius 3 is 2.53 bits per heavy atom. The van der Waals surface area contributed by atoms with Gasteiger partial charge in [-0.05, 0) is 6.42 Å². The van der Waals surface area contributed by atoms with E-state index in [1.807, 2.05) is 18.7 Å². The second-order valence-corrected chi connectivity index (χ2v) is 7.88. The van der Waals surface area contributed by atoms with Gasteiger partial charge in [0.15, 0.2) is 9.84 Å². The summed E-state index contributed by atoms with van der Waals surface area (Å²) in [6.07, 6.45) is 0.716. The molecule has 0 aromatic carbocycles. The van der Waals surface area contributed by atoms with Crippen molar-refractivity contribution in [1.29, 1.82) is 0 Å². The van der Waals surface area contributed by atoms with Crippen LogP contribution in [0.1, 0.15) is 13.3 Å². The standard InChI is InChI=1S/C11H24N2O2S2/c1-2-10-17(14,15)11-4-12-3-5-13-6-8-16-9-7-13/h12H,2-11H2,1H3. The van der Waals surface area contributed by atoms with Gasteiger partial charge in [0.05, 0.1) is 5.75 Å². The Balaban J connectivity index is 2.00. The number of hydrogen-bond donors (Lipinski definition) is 1. The van der Waals surface area contributed by atoms with E-state index in [2.05, 4.69) is 10.2 Å². The van der Waals surface area contributed by atoms with Gasteiger partial charge in [-0.2, -0.15) is 11.8 Å². The van der Waals surface area contributed by atoms with Crippen molar-refractivity contribution in [3.63, 3.8) is 0 Å². The molecule has 17 heavy (non-hydrogen) atoms. The van der Waals surface area contributed by atoms with Crippen LogP contribution in [0.15, 0.2) is 0 Å². The van der Waals surface area contributed by atoms with E-state index in [1.54, 1.807) is 0 Å². The molecule has 1 fully saturated rings. The van der Waals surface area contributed by atoms with Crippen LogP contribution >= 0.6 is 11.8 Å². The molecule has 0 radical (unpaired) electrons. The van der Waals surface area contributed by atoms with E-state index >= 15 is 0 Å². The zero-order valence-electron chi connectivity index (χ0n) is 10.7. The zero-order chi connectivity index (χ0) is 12.6. The Morgan fingerprint density at radius 2 is 1.88 bits per heavy atom. The number of rotatable bonds is 8. The molecule has 1 aliphatic heterocycles. The van der Waals surface area contributed by atoms with Crippen molar-refractivity contribution in [3.05, 3.63) is 0 Å². The Kier molecular flexibility index (Phi) is 7.50. The summed E-state index contributed by atoms with van der Waals surface area (Å²) in [5, 5.41) is 3.22. The lowest BCUT2D eigenvalue weighted by atomic mass is 10.4. The van der Waals surface area contributed by atoms with Crippen molar-refractivity contribution in [2.45, 2.75) is 13.3 Å². The minimum Gasteiger partial charge on any atom is -0.314 e. The lowest BCUT2D eigenvalue weighted by molar-refractivity contribution is 0.302. The Hall–Kier alpha value is 0.220. The molecule has 0 spiro atoms. The van der Waals surface area contributed by atoms with Gasteiger partial charge in [0.2, 0.25) is 0 Å². The molecular weight excluding hydrogens is 256 g/mol. The first-order valence-electron chi connectivity index (χ1n) is 6.35. The number of sulfone groups is 1. The summed E-state index contributed by atoms with van der Waals surface area (Å²) in [4.78, 5) is 2.43. The van der Waals surface area contributed by atoms with Gasteiger partial charge in [0, 0.05) is 50.0 Å². The summed E-state index contributed by atoms with van der Waals surface area (Å²) < 4.78 is 22.9. The smallest absolute Gasteiger partial charge is 0.151 e. The van der Waals surface area contributed by atoms with E-state index in [4.69, 9.17) is 0 Å². The molecule has 1 heterocycles. The number of hydrogen-bond acceptors (Lipinski definition) is 5. The van der Waals surface area contributed by atoms with Gasteiger partial charge in [0.1, 0.15) is 0 Å². The van der Waals surface area contributed by atoms with Crippen LogP contribution < -0.4 is 5.32 Å². The maximum absolute atomic E-state index is 11.4. The molecule has 0 aromatic heterocycles. The van der Waals surface area contributed by atoms with E-state index in [9.17, 15) is 8.42 Å². The molecule has 0 unspecified atom stereocenters. The van der Waals surface area contributed by atoms with Crippen molar-refractivity contribution < 1.29 is 8.42 Å². The van der Waals surface area contributed by atoms with Crippen LogP contribution in [0.2, 0.25) is 0 Å². The fraction of sp³-hybridized carbons (Fsp3) is 1.00. The third-order valence-corrected chi connectivity index (χ3v) is 5.61. The molecule has 1 rings (SSSR count). The third kappa shape index (κ3) is 7.28. The van der Waals surface area contributed by atoms with Gasteiger partial charge < -0.3 is 10.2 Å². The number of nitrogens with one attached hydrogen (secondary N) is 1. The predicted octanol–water partition coefficient (Wildman–Crippen LogP) is 0.450. The van der Waals surface area contributed by atoms with Crippen molar-refractivity contribution in [2.75, 3.05) is 55.7 Å². The molecule has 1 N–H and O–H groups in total. The van der Waals surface area contributed by atoms with Crippen molar-refractivity contribution >= 4 is 21.6 Å². The first kappa shape index (κ1) is 15.3. The maximum Gasteiger partial charge on any atom is 0.151 e. The fourth-order valence-corrected chi connectivity index (χ4v) is 4.09. The maximum atomic E-state index is 11.4. The zero-order valence-corrected chi connectivity index (χ0v) is 12.3. The molecule has 1 saturated heterocycles. The minimum absolute atomic E-state index is 0.274. The monoisotopic (exact) mass is 280 g/mol. The summed E-state index contributed by atoms with van der Waals surface area (Å²) in [5.41, 5.74) is 0. The summed E-state index contributed by atoms with van der Waals surface area (Å²) in [6.45, 7) is 6.76. The highest BCUT2D eigenvalue weighted by Crippen LogP contribution is 2.07. The van der Waals surface area contributed by atoms with Gasteiger partial charge in [-0.25, -0.2) is 8.42 Å². The van der Waals surface area contributed by atoms with Crippen LogP contribution in [0.5, 0.6) is 0 Å². The lowest BCUT2D eigenvalue weighted by Crippen LogP contribution is -2.38. The quantitative estimate of drug-likeness (QED) is 0.654.